The van der Waals surface area contributed by atoms with E-state index in [1.807, 2.05) is 0 Å². The third-order valence-electron chi connectivity index (χ3n) is 3.96. The van der Waals surface area contributed by atoms with Crippen LogP contribution in [-0.4, -0.2) is 22.0 Å². The monoisotopic (exact) mass is 424 g/mol. The number of hydrazone groups is 1. The predicted octanol–water partition coefficient (Wildman–Crippen LogP) is 4.20. The molecule has 0 aromatic heterocycles. The minimum atomic E-state index is -0.776. The number of carbonyl (C=O) groups is 1. The molecular weight excluding hydrogens is 411 g/mol. The quantitative estimate of drug-likeness (QED) is 0.343. The zero-order valence-corrected chi connectivity index (χ0v) is 15.6. The molecule has 1 amide bonds. The summed E-state index contributed by atoms with van der Waals surface area (Å²) in [5, 5.41) is 25.7. The van der Waals surface area contributed by atoms with Crippen LogP contribution in [0.2, 0.25) is 0 Å². The topological polar surface area (TPSA) is 137 Å². The maximum absolute atomic E-state index is 13.6. The Morgan fingerprint density at radius 3 is 2.35 bits per heavy atom. The van der Waals surface area contributed by atoms with Gasteiger partial charge in [-0.25, -0.2) is 9.82 Å². The minimum absolute atomic E-state index is 0.145. The molecule has 3 aromatic rings. The summed E-state index contributed by atoms with van der Waals surface area (Å²) < 4.78 is 19.0. The van der Waals surface area contributed by atoms with Crippen molar-refractivity contribution in [2.75, 3.05) is 0 Å². The van der Waals surface area contributed by atoms with E-state index < -0.39 is 32.9 Å². The number of nitro groups is 2. The highest BCUT2D eigenvalue weighted by molar-refractivity contribution is 5.95. The third-order valence-corrected chi connectivity index (χ3v) is 3.96. The maximum Gasteiger partial charge on any atom is 0.318 e. The Morgan fingerprint density at radius 2 is 1.71 bits per heavy atom. The second-order valence-corrected chi connectivity index (χ2v) is 6.02. The zero-order chi connectivity index (χ0) is 22.4. The fraction of sp³-hybridized carbons (Fsp3) is 0. The molecule has 0 spiro atoms. The van der Waals surface area contributed by atoms with Crippen molar-refractivity contribution in [1.82, 2.24) is 5.43 Å². The van der Waals surface area contributed by atoms with Crippen LogP contribution >= 0.6 is 0 Å². The summed E-state index contributed by atoms with van der Waals surface area (Å²) in [6, 6.07) is 14.6. The molecule has 156 valence electrons. The second-order valence-electron chi connectivity index (χ2n) is 6.02. The van der Waals surface area contributed by atoms with Gasteiger partial charge < -0.3 is 4.74 Å². The smallest absolute Gasteiger partial charge is 0.318 e. The van der Waals surface area contributed by atoms with Crippen LogP contribution in [0.5, 0.6) is 11.5 Å². The number of carbonyl (C=O) groups excluding carboxylic acids is 1. The number of hydrogen-bond acceptors (Lipinski definition) is 7. The van der Waals surface area contributed by atoms with Gasteiger partial charge in [-0.15, -0.1) is 0 Å². The molecule has 0 fully saturated rings. The molecule has 0 aliphatic rings. The van der Waals surface area contributed by atoms with Crippen molar-refractivity contribution in [2.45, 2.75) is 0 Å². The van der Waals surface area contributed by atoms with Crippen molar-refractivity contribution in [1.29, 1.82) is 0 Å². The van der Waals surface area contributed by atoms with Crippen molar-refractivity contribution in [2.24, 2.45) is 5.10 Å². The number of nitrogens with zero attached hydrogens (tertiary/aromatic N) is 3. The number of benzene rings is 3. The lowest BCUT2D eigenvalue weighted by Crippen LogP contribution is -2.18. The van der Waals surface area contributed by atoms with Crippen molar-refractivity contribution in [3.05, 3.63) is 104 Å². The summed E-state index contributed by atoms with van der Waals surface area (Å²) in [7, 11) is 0. The van der Waals surface area contributed by atoms with Crippen LogP contribution < -0.4 is 10.2 Å². The molecule has 0 aliphatic heterocycles. The van der Waals surface area contributed by atoms with Crippen LogP contribution in [0.1, 0.15) is 15.9 Å². The number of nitrogens with one attached hydrogen (secondary N) is 1. The molecule has 1 N–H and O–H groups in total. The zero-order valence-electron chi connectivity index (χ0n) is 15.6. The van der Waals surface area contributed by atoms with Gasteiger partial charge in [0.15, 0.2) is 0 Å². The summed E-state index contributed by atoms with van der Waals surface area (Å²) in [4.78, 5) is 32.3. The average molecular weight is 424 g/mol. The number of non-ortho nitro benzene ring substituents is 1. The highest BCUT2D eigenvalue weighted by Gasteiger charge is 2.21. The Bertz CT molecular complexity index is 1180. The van der Waals surface area contributed by atoms with Crippen LogP contribution in [0, 0.1) is 26.0 Å². The molecule has 3 aromatic carbocycles. The molecular formula is C20H13FN4O6. The minimum Gasteiger partial charge on any atom is -0.450 e. The van der Waals surface area contributed by atoms with Gasteiger partial charge in [-0.05, 0) is 48.0 Å². The summed E-state index contributed by atoms with van der Waals surface area (Å²) in [6.45, 7) is 0. The molecule has 3 rings (SSSR count). The average Bonchev–Trinajstić information content (AvgIpc) is 2.75. The summed E-state index contributed by atoms with van der Waals surface area (Å²) >= 11 is 0. The Morgan fingerprint density at radius 1 is 1.00 bits per heavy atom. The van der Waals surface area contributed by atoms with E-state index in [0.717, 1.165) is 24.3 Å². The molecule has 31 heavy (non-hydrogen) atoms. The van der Waals surface area contributed by atoms with E-state index in [0.29, 0.717) is 5.56 Å². The van der Waals surface area contributed by atoms with E-state index in [2.05, 4.69) is 10.5 Å². The summed E-state index contributed by atoms with van der Waals surface area (Å²) in [5.74, 6) is -1.30. The number of hydrogen-bond donors (Lipinski definition) is 1. The lowest BCUT2D eigenvalue weighted by molar-refractivity contribution is -0.394. The van der Waals surface area contributed by atoms with Crippen LogP contribution in [0.3, 0.4) is 0 Å². The lowest BCUT2D eigenvalue weighted by atomic mass is 10.2. The van der Waals surface area contributed by atoms with Crippen LogP contribution in [0.15, 0.2) is 71.8 Å². The first-order valence-electron chi connectivity index (χ1n) is 8.64. The highest BCUT2D eigenvalue weighted by atomic mass is 19.1. The van der Waals surface area contributed by atoms with Gasteiger partial charge in [-0.1, -0.05) is 12.1 Å². The van der Waals surface area contributed by atoms with Crippen molar-refractivity contribution in [3.63, 3.8) is 0 Å². The van der Waals surface area contributed by atoms with Crippen LogP contribution in [0.4, 0.5) is 15.8 Å². The molecule has 0 saturated heterocycles. The Labute approximate surface area is 173 Å². The van der Waals surface area contributed by atoms with Gasteiger partial charge in [0.1, 0.15) is 11.6 Å². The van der Waals surface area contributed by atoms with E-state index in [4.69, 9.17) is 4.74 Å². The van der Waals surface area contributed by atoms with E-state index in [1.54, 1.807) is 12.1 Å². The van der Waals surface area contributed by atoms with E-state index in [-0.39, 0.29) is 17.1 Å². The molecule has 11 heteroatoms. The Hall–Kier alpha value is -4.67. The highest BCUT2D eigenvalue weighted by Crippen LogP contribution is 2.34. The van der Waals surface area contributed by atoms with Crippen molar-refractivity contribution < 1.29 is 23.8 Å². The molecule has 0 saturated carbocycles. The van der Waals surface area contributed by atoms with Crippen LogP contribution in [-0.2, 0) is 0 Å². The first kappa shape index (κ1) is 21.0. The fourth-order valence-corrected chi connectivity index (χ4v) is 2.47. The number of ether oxygens (including phenoxy) is 1. The Kier molecular flexibility index (Phi) is 6.26. The van der Waals surface area contributed by atoms with Gasteiger partial charge in [0, 0.05) is 6.07 Å². The number of amides is 1. The summed E-state index contributed by atoms with van der Waals surface area (Å²) in [6.07, 6.45) is 1.32. The fourth-order valence-electron chi connectivity index (χ4n) is 2.47. The number of nitro benzene ring substituents is 2. The third kappa shape index (κ3) is 5.23. The maximum atomic E-state index is 13.6. The predicted molar refractivity (Wildman–Crippen MR) is 108 cm³/mol. The molecule has 0 radical (unpaired) electrons. The van der Waals surface area contributed by atoms with E-state index in [9.17, 15) is 29.4 Å². The number of rotatable bonds is 7. The van der Waals surface area contributed by atoms with Gasteiger partial charge in [-0.2, -0.15) is 5.10 Å². The molecule has 0 bridgehead atoms. The largest absolute Gasteiger partial charge is 0.450 e. The van der Waals surface area contributed by atoms with Gasteiger partial charge >= 0.3 is 5.69 Å². The van der Waals surface area contributed by atoms with Gasteiger partial charge in [-0.3, -0.25) is 25.0 Å². The van der Waals surface area contributed by atoms with Crippen molar-refractivity contribution in [3.8, 4) is 11.5 Å². The standard InChI is InChI=1S/C20H13FN4O6/c21-17-4-2-1-3-16(17)20(26)23-22-12-13-5-8-15(9-6-13)31-19-10-7-14(24(27)28)11-18(19)25(29)30/h1-12H,(H,23,26). The number of halogens is 1. The molecule has 0 unspecified atom stereocenters. The lowest BCUT2D eigenvalue weighted by Gasteiger charge is -2.06. The van der Waals surface area contributed by atoms with Crippen LogP contribution in [0.25, 0.3) is 0 Å². The first-order valence-corrected chi connectivity index (χ1v) is 8.64. The van der Waals surface area contributed by atoms with E-state index in [1.165, 1.54) is 36.5 Å². The van der Waals surface area contributed by atoms with E-state index >= 15 is 0 Å². The first-order chi connectivity index (χ1) is 14.8. The van der Waals surface area contributed by atoms with Gasteiger partial charge in [0.25, 0.3) is 11.6 Å². The SMILES string of the molecule is O=C(NN=Cc1ccc(Oc2ccc([N+](=O)[O-])cc2[N+](=O)[O-])cc1)c1ccccc1F. The summed E-state index contributed by atoms with van der Waals surface area (Å²) in [5.41, 5.74) is 1.64. The molecule has 0 heterocycles. The van der Waals surface area contributed by atoms with Gasteiger partial charge in [0.05, 0.1) is 27.7 Å². The van der Waals surface area contributed by atoms with Crippen molar-refractivity contribution >= 4 is 23.5 Å². The van der Waals surface area contributed by atoms with Gasteiger partial charge in [0.2, 0.25) is 5.75 Å². The molecule has 0 atom stereocenters. The molecule has 0 aliphatic carbocycles. The Balaban J connectivity index is 1.67. The second kappa shape index (κ2) is 9.22. The normalized spacial score (nSPS) is 10.6. The molecule has 10 nitrogen and oxygen atoms in total.